The number of carbonyl (C=O) groups excluding carboxylic acids is 1. The van der Waals surface area contributed by atoms with E-state index in [1.54, 1.807) is 0 Å². The minimum atomic E-state index is -1.12. The molecule has 0 aliphatic heterocycles. The standard InChI is InChI=1S/C32H63NO17/c1-2-37-5-6-39-9-10-41-13-14-43-17-18-45-21-22-47-25-26-49-28-27-48-24-23-46-20-19-44-16-15-42-12-11-40-8-7-38-4-3-33-31(34)29-50-30-32(35)36/h2-30H2,1H3,(H,33,34)(H,35,36). The van der Waals surface area contributed by atoms with Crippen LogP contribution in [0.5, 0.6) is 0 Å². The topological polar surface area (TPSA) is 196 Å². The monoisotopic (exact) mass is 733 g/mol. The molecule has 0 aromatic heterocycles. The minimum Gasteiger partial charge on any atom is -0.480 e. The van der Waals surface area contributed by atoms with Gasteiger partial charge in [-0.25, -0.2) is 4.79 Å². The molecule has 0 aromatic rings. The molecule has 298 valence electrons. The maximum Gasteiger partial charge on any atom is 0.329 e. The van der Waals surface area contributed by atoms with Crippen molar-refractivity contribution in [3.8, 4) is 0 Å². The van der Waals surface area contributed by atoms with Gasteiger partial charge in [-0.1, -0.05) is 0 Å². The molecule has 0 atom stereocenters. The van der Waals surface area contributed by atoms with Crippen LogP contribution in [-0.2, 0) is 75.9 Å². The van der Waals surface area contributed by atoms with Gasteiger partial charge in [-0.05, 0) is 6.92 Å². The number of carboxylic acids is 1. The van der Waals surface area contributed by atoms with E-state index in [1.165, 1.54) is 0 Å². The maximum absolute atomic E-state index is 11.4. The van der Waals surface area contributed by atoms with Gasteiger partial charge in [0.2, 0.25) is 5.91 Å². The van der Waals surface area contributed by atoms with Crippen LogP contribution < -0.4 is 5.32 Å². The third-order valence-electron chi connectivity index (χ3n) is 5.70. The van der Waals surface area contributed by atoms with Crippen molar-refractivity contribution >= 4 is 11.9 Å². The first kappa shape index (κ1) is 48.4. The highest BCUT2D eigenvalue weighted by Gasteiger charge is 2.03. The molecule has 1 amide bonds. The van der Waals surface area contributed by atoms with Crippen molar-refractivity contribution in [2.45, 2.75) is 6.92 Å². The molecular formula is C32H63NO17. The lowest BCUT2D eigenvalue weighted by Crippen LogP contribution is -2.31. The summed E-state index contributed by atoms with van der Waals surface area (Å²) in [6.45, 7) is 14.2. The molecule has 0 radical (unpaired) electrons. The van der Waals surface area contributed by atoms with E-state index in [0.717, 1.165) is 0 Å². The molecule has 0 bridgehead atoms. The van der Waals surface area contributed by atoms with Crippen LogP contribution in [0.4, 0.5) is 0 Å². The Balaban J connectivity index is 3.08. The summed E-state index contributed by atoms with van der Waals surface area (Å²) in [5.41, 5.74) is 0. The van der Waals surface area contributed by atoms with Gasteiger partial charge in [-0.2, -0.15) is 0 Å². The average molecular weight is 734 g/mol. The van der Waals surface area contributed by atoms with Crippen molar-refractivity contribution < 1.29 is 81.0 Å². The van der Waals surface area contributed by atoms with E-state index in [9.17, 15) is 9.59 Å². The summed E-state index contributed by atoms with van der Waals surface area (Å²) in [5, 5.41) is 11.0. The van der Waals surface area contributed by atoms with Gasteiger partial charge in [0, 0.05) is 13.2 Å². The lowest BCUT2D eigenvalue weighted by atomic mass is 10.6. The molecule has 2 N–H and O–H groups in total. The fourth-order valence-corrected chi connectivity index (χ4v) is 3.33. The largest absolute Gasteiger partial charge is 0.480 e. The number of aliphatic carboxylic acids is 1. The van der Waals surface area contributed by atoms with Crippen LogP contribution in [0, 0.1) is 0 Å². The number of hydrogen-bond acceptors (Lipinski definition) is 16. The summed E-state index contributed by atoms with van der Waals surface area (Å²) in [4.78, 5) is 21.7. The number of nitrogens with one attached hydrogen (secondary N) is 1. The van der Waals surface area contributed by atoms with Gasteiger partial charge in [0.05, 0.1) is 165 Å². The number of hydrogen-bond donors (Lipinski definition) is 2. The van der Waals surface area contributed by atoms with Gasteiger partial charge in [-0.3, -0.25) is 4.79 Å². The summed E-state index contributed by atoms with van der Waals surface area (Å²) >= 11 is 0. The molecule has 0 rings (SSSR count). The molecule has 0 spiro atoms. The molecular weight excluding hydrogens is 670 g/mol. The van der Waals surface area contributed by atoms with Gasteiger partial charge in [0.1, 0.15) is 13.2 Å². The fourth-order valence-electron chi connectivity index (χ4n) is 3.33. The number of rotatable bonds is 44. The SMILES string of the molecule is CCOCCOCCOCCOCCOCCOCCOCCOCCOCCOCCOCCOCCOCCNC(=O)COCC(=O)O. The van der Waals surface area contributed by atoms with E-state index >= 15 is 0 Å². The Bertz CT molecular complexity index is 695. The average Bonchev–Trinajstić information content (AvgIpc) is 3.10. The van der Waals surface area contributed by atoms with Crippen LogP contribution >= 0.6 is 0 Å². The predicted octanol–water partition coefficient (Wildman–Crippen LogP) is -0.560. The van der Waals surface area contributed by atoms with E-state index in [2.05, 4.69) is 10.1 Å². The van der Waals surface area contributed by atoms with Crippen LogP contribution in [-0.4, -0.2) is 209 Å². The molecule has 0 saturated heterocycles. The molecule has 0 saturated carbocycles. The fraction of sp³-hybridized carbons (Fsp3) is 0.938. The highest BCUT2D eigenvalue weighted by Crippen LogP contribution is 1.88. The quantitative estimate of drug-likeness (QED) is 0.0756. The second-order valence-electron chi connectivity index (χ2n) is 9.78. The predicted molar refractivity (Wildman–Crippen MR) is 178 cm³/mol. The third-order valence-corrected chi connectivity index (χ3v) is 5.70. The van der Waals surface area contributed by atoms with E-state index in [4.69, 9.17) is 66.7 Å². The molecule has 0 aliphatic rings. The molecule has 18 heteroatoms. The van der Waals surface area contributed by atoms with Gasteiger partial charge in [0.15, 0.2) is 0 Å². The van der Waals surface area contributed by atoms with Crippen molar-refractivity contribution in [1.82, 2.24) is 5.32 Å². The van der Waals surface area contributed by atoms with E-state index < -0.39 is 18.5 Å². The van der Waals surface area contributed by atoms with Gasteiger partial charge >= 0.3 is 5.97 Å². The summed E-state index contributed by atoms with van der Waals surface area (Å²) in [6, 6.07) is 0. The number of ether oxygens (including phenoxy) is 14. The summed E-state index contributed by atoms with van der Waals surface area (Å²) < 4.78 is 75.0. The molecule has 18 nitrogen and oxygen atoms in total. The lowest BCUT2D eigenvalue weighted by Gasteiger charge is -2.09. The molecule has 0 aliphatic carbocycles. The zero-order valence-corrected chi connectivity index (χ0v) is 30.0. The number of carbonyl (C=O) groups is 2. The van der Waals surface area contributed by atoms with Crippen LogP contribution in [0.3, 0.4) is 0 Å². The Morgan fingerprint density at radius 2 is 0.600 bits per heavy atom. The van der Waals surface area contributed by atoms with Crippen LogP contribution in [0.2, 0.25) is 0 Å². The first-order chi connectivity index (χ1) is 24.7. The highest BCUT2D eigenvalue weighted by molar-refractivity contribution is 5.77. The van der Waals surface area contributed by atoms with Crippen LogP contribution in [0.1, 0.15) is 6.92 Å². The zero-order chi connectivity index (χ0) is 36.3. The van der Waals surface area contributed by atoms with Crippen molar-refractivity contribution in [2.24, 2.45) is 0 Å². The van der Waals surface area contributed by atoms with Gasteiger partial charge < -0.3 is 76.7 Å². The smallest absolute Gasteiger partial charge is 0.329 e. The lowest BCUT2D eigenvalue weighted by molar-refractivity contribution is -0.143. The molecule has 0 aromatic carbocycles. The Morgan fingerprint density at radius 3 is 0.840 bits per heavy atom. The zero-order valence-electron chi connectivity index (χ0n) is 30.0. The first-order valence-corrected chi connectivity index (χ1v) is 17.2. The maximum atomic E-state index is 11.4. The Kier molecular flexibility index (Phi) is 42.1. The number of amides is 1. The van der Waals surface area contributed by atoms with E-state index in [1.807, 2.05) is 6.92 Å². The van der Waals surface area contributed by atoms with E-state index in [-0.39, 0.29) is 6.61 Å². The Hall–Kier alpha value is -1.62. The summed E-state index contributed by atoms with van der Waals surface area (Å²) in [6.07, 6.45) is 0. The van der Waals surface area contributed by atoms with Crippen LogP contribution in [0.15, 0.2) is 0 Å². The Labute approximate surface area is 296 Å². The molecule has 0 heterocycles. The molecule has 50 heavy (non-hydrogen) atoms. The second-order valence-corrected chi connectivity index (χ2v) is 9.78. The minimum absolute atomic E-state index is 0.299. The van der Waals surface area contributed by atoms with Crippen molar-refractivity contribution in [2.75, 3.05) is 192 Å². The third kappa shape index (κ3) is 44.4. The normalized spacial score (nSPS) is 11.4. The first-order valence-electron chi connectivity index (χ1n) is 17.2. The molecule has 0 unspecified atom stereocenters. The number of carboxylic acid groups (broad SMARTS) is 1. The van der Waals surface area contributed by atoms with Gasteiger partial charge in [0.25, 0.3) is 0 Å². The van der Waals surface area contributed by atoms with E-state index in [0.29, 0.717) is 178 Å². The highest BCUT2D eigenvalue weighted by atomic mass is 16.6. The summed E-state index contributed by atoms with van der Waals surface area (Å²) in [7, 11) is 0. The summed E-state index contributed by atoms with van der Waals surface area (Å²) in [5.74, 6) is -1.52. The van der Waals surface area contributed by atoms with Crippen LogP contribution in [0.25, 0.3) is 0 Å². The van der Waals surface area contributed by atoms with Crippen molar-refractivity contribution in [3.63, 3.8) is 0 Å². The Morgan fingerprint density at radius 1 is 0.360 bits per heavy atom. The van der Waals surface area contributed by atoms with Crippen molar-refractivity contribution in [3.05, 3.63) is 0 Å². The van der Waals surface area contributed by atoms with Gasteiger partial charge in [-0.15, -0.1) is 0 Å². The van der Waals surface area contributed by atoms with Crippen molar-refractivity contribution in [1.29, 1.82) is 0 Å². The second kappa shape index (κ2) is 43.5. The molecule has 0 fully saturated rings.